The number of nitrogen functional groups attached to an aromatic ring is 1. The van der Waals surface area contributed by atoms with E-state index in [0.717, 1.165) is 0 Å². The van der Waals surface area contributed by atoms with Crippen LogP contribution in [0.1, 0.15) is 5.56 Å². The third-order valence-electron chi connectivity index (χ3n) is 1.89. The summed E-state index contributed by atoms with van der Waals surface area (Å²) in [5, 5.41) is 14.2. The van der Waals surface area contributed by atoms with E-state index in [1.807, 2.05) is 0 Å². The molecule has 0 fully saturated rings. The van der Waals surface area contributed by atoms with Gasteiger partial charge in [-0.2, -0.15) is 0 Å². The molecule has 1 rings (SSSR count). The number of nitrogens with two attached hydrogens (primary N) is 1. The van der Waals surface area contributed by atoms with E-state index in [-0.39, 0.29) is 17.9 Å². The van der Waals surface area contributed by atoms with Crippen molar-refractivity contribution < 1.29 is 4.92 Å². The second-order valence-corrected chi connectivity index (χ2v) is 3.41. The average molecular weight is 254 g/mol. The molecule has 0 aliphatic rings. The van der Waals surface area contributed by atoms with E-state index >= 15 is 0 Å². The van der Waals surface area contributed by atoms with E-state index in [4.69, 9.17) is 22.9 Å². The molecule has 0 saturated carbocycles. The first-order valence-corrected chi connectivity index (χ1v) is 4.85. The largest absolute Gasteiger partial charge is 0.393 e. The van der Waals surface area contributed by atoms with E-state index in [0.29, 0.717) is 10.6 Å². The van der Waals surface area contributed by atoms with E-state index < -0.39 is 4.92 Å². The van der Waals surface area contributed by atoms with Crippen molar-refractivity contribution in [3.63, 3.8) is 0 Å². The molecule has 0 atom stereocenters. The minimum absolute atomic E-state index is 0.00666. The fourth-order valence-corrected chi connectivity index (χ4v) is 1.38. The molecule has 0 bridgehead atoms. The number of hydrogen-bond donors (Lipinski definition) is 1. The first-order chi connectivity index (χ1) is 8.06. The van der Waals surface area contributed by atoms with Gasteiger partial charge in [-0.25, -0.2) is 0 Å². The third kappa shape index (κ3) is 3.37. The SMILES string of the molecule is [N-]=[N+]=NCC=Cc1cc([N+](=O)[O-])c(N)cc1Cl. The minimum atomic E-state index is -0.587. The highest BCUT2D eigenvalue weighted by molar-refractivity contribution is 6.32. The highest BCUT2D eigenvalue weighted by atomic mass is 35.5. The molecule has 0 aromatic heterocycles. The van der Waals surface area contributed by atoms with Crippen LogP contribution in [0.25, 0.3) is 16.5 Å². The number of halogens is 1. The van der Waals surface area contributed by atoms with Gasteiger partial charge >= 0.3 is 0 Å². The maximum absolute atomic E-state index is 10.7. The molecule has 2 N–H and O–H groups in total. The summed E-state index contributed by atoms with van der Waals surface area (Å²) in [7, 11) is 0. The van der Waals surface area contributed by atoms with Crippen LogP contribution in [-0.2, 0) is 0 Å². The van der Waals surface area contributed by atoms with Crippen LogP contribution in [0, 0.1) is 10.1 Å². The lowest BCUT2D eigenvalue weighted by Crippen LogP contribution is -1.96. The highest BCUT2D eigenvalue weighted by Crippen LogP contribution is 2.29. The van der Waals surface area contributed by atoms with Gasteiger partial charge in [0.25, 0.3) is 5.69 Å². The van der Waals surface area contributed by atoms with E-state index in [2.05, 4.69) is 10.0 Å². The van der Waals surface area contributed by atoms with Crippen LogP contribution in [0.5, 0.6) is 0 Å². The van der Waals surface area contributed by atoms with Crippen LogP contribution in [0.15, 0.2) is 23.3 Å². The molecule has 0 unspecified atom stereocenters. The quantitative estimate of drug-likeness (QED) is 0.222. The summed E-state index contributed by atoms with van der Waals surface area (Å²) in [4.78, 5) is 12.6. The Bertz CT molecular complexity index is 522. The van der Waals surface area contributed by atoms with Crippen molar-refractivity contribution in [3.8, 4) is 0 Å². The maximum atomic E-state index is 10.7. The summed E-state index contributed by atoms with van der Waals surface area (Å²) in [6.45, 7) is 0.144. The van der Waals surface area contributed by atoms with Crippen LogP contribution in [-0.4, -0.2) is 11.5 Å². The molecule has 0 spiro atoms. The molecular formula is C9H8ClN5O2. The Morgan fingerprint density at radius 3 is 2.94 bits per heavy atom. The Morgan fingerprint density at radius 1 is 1.65 bits per heavy atom. The van der Waals surface area contributed by atoms with Crippen molar-refractivity contribution in [2.45, 2.75) is 0 Å². The van der Waals surface area contributed by atoms with Gasteiger partial charge in [-0.1, -0.05) is 28.9 Å². The van der Waals surface area contributed by atoms with Crippen molar-refractivity contribution in [3.05, 3.63) is 49.4 Å². The smallest absolute Gasteiger partial charge is 0.292 e. The predicted octanol–water partition coefficient (Wildman–Crippen LogP) is 3.15. The molecular weight excluding hydrogens is 246 g/mol. The summed E-state index contributed by atoms with van der Waals surface area (Å²) < 4.78 is 0. The number of nitro groups is 1. The fraction of sp³-hybridized carbons (Fsp3) is 0.111. The van der Waals surface area contributed by atoms with Crippen LogP contribution in [0.2, 0.25) is 5.02 Å². The van der Waals surface area contributed by atoms with Gasteiger partial charge in [-0.15, -0.1) is 0 Å². The number of rotatable bonds is 4. The summed E-state index contributed by atoms with van der Waals surface area (Å²) in [5.74, 6) is 0. The van der Waals surface area contributed by atoms with Crippen LogP contribution >= 0.6 is 11.6 Å². The second-order valence-electron chi connectivity index (χ2n) is 3.01. The predicted molar refractivity (Wildman–Crippen MR) is 65.6 cm³/mol. The van der Waals surface area contributed by atoms with Gasteiger partial charge in [-0.3, -0.25) is 10.1 Å². The zero-order valence-electron chi connectivity index (χ0n) is 8.58. The zero-order chi connectivity index (χ0) is 12.8. The number of anilines is 1. The Hall–Kier alpha value is -2.24. The standard InChI is InChI=1S/C9H8ClN5O2/c10-7-5-8(11)9(15(16)17)4-6(7)2-1-3-13-14-12/h1-2,4-5H,3,11H2. The van der Waals surface area contributed by atoms with Gasteiger partial charge in [-0.05, 0) is 17.2 Å². The van der Waals surface area contributed by atoms with Crippen LogP contribution in [0.3, 0.4) is 0 Å². The van der Waals surface area contributed by atoms with Crippen molar-refractivity contribution >= 4 is 29.1 Å². The van der Waals surface area contributed by atoms with Gasteiger partial charge in [0, 0.05) is 17.5 Å². The molecule has 7 nitrogen and oxygen atoms in total. The number of nitrogens with zero attached hydrogens (tertiary/aromatic N) is 4. The Kier molecular flexibility index (Phi) is 4.33. The molecule has 88 valence electrons. The van der Waals surface area contributed by atoms with E-state index in [1.165, 1.54) is 18.2 Å². The molecule has 0 amide bonds. The monoisotopic (exact) mass is 253 g/mol. The van der Waals surface area contributed by atoms with Gasteiger partial charge in [0.05, 0.1) is 9.95 Å². The molecule has 8 heteroatoms. The lowest BCUT2D eigenvalue weighted by atomic mass is 10.1. The molecule has 0 aliphatic carbocycles. The Balaban J connectivity index is 3.07. The molecule has 0 saturated heterocycles. The Morgan fingerprint density at radius 2 is 2.35 bits per heavy atom. The topological polar surface area (TPSA) is 118 Å². The first kappa shape index (κ1) is 12.8. The first-order valence-electron chi connectivity index (χ1n) is 4.47. The summed E-state index contributed by atoms with van der Waals surface area (Å²) in [6, 6.07) is 2.58. The van der Waals surface area contributed by atoms with Gasteiger partial charge in [0.2, 0.25) is 0 Å². The second kappa shape index (κ2) is 5.74. The lowest BCUT2D eigenvalue weighted by Gasteiger charge is -2.01. The van der Waals surface area contributed by atoms with Gasteiger partial charge in [0.1, 0.15) is 5.69 Å². The molecule has 0 aliphatic heterocycles. The third-order valence-corrected chi connectivity index (χ3v) is 2.22. The van der Waals surface area contributed by atoms with Crippen LogP contribution in [0.4, 0.5) is 11.4 Å². The van der Waals surface area contributed by atoms with Crippen molar-refractivity contribution in [2.24, 2.45) is 5.11 Å². The molecule has 17 heavy (non-hydrogen) atoms. The summed E-state index contributed by atoms with van der Waals surface area (Å²) >= 11 is 5.86. The molecule has 0 heterocycles. The van der Waals surface area contributed by atoms with Crippen molar-refractivity contribution in [2.75, 3.05) is 12.3 Å². The number of benzene rings is 1. The van der Waals surface area contributed by atoms with Gasteiger partial charge in [0.15, 0.2) is 0 Å². The van der Waals surface area contributed by atoms with Crippen LogP contribution < -0.4 is 5.73 Å². The number of azide groups is 1. The fourth-order valence-electron chi connectivity index (χ4n) is 1.14. The molecule has 0 radical (unpaired) electrons. The van der Waals surface area contributed by atoms with E-state index in [9.17, 15) is 10.1 Å². The van der Waals surface area contributed by atoms with Crippen molar-refractivity contribution in [1.29, 1.82) is 0 Å². The number of nitro benzene ring substituents is 1. The highest BCUT2D eigenvalue weighted by Gasteiger charge is 2.13. The molecule has 1 aromatic carbocycles. The average Bonchev–Trinajstić information content (AvgIpc) is 2.26. The molecule has 1 aromatic rings. The maximum Gasteiger partial charge on any atom is 0.292 e. The van der Waals surface area contributed by atoms with Crippen molar-refractivity contribution in [1.82, 2.24) is 0 Å². The summed E-state index contributed by atoms with van der Waals surface area (Å²) in [5.41, 5.74) is 13.8. The zero-order valence-corrected chi connectivity index (χ0v) is 9.33. The number of hydrogen-bond acceptors (Lipinski definition) is 4. The minimum Gasteiger partial charge on any atom is -0.393 e. The lowest BCUT2D eigenvalue weighted by molar-refractivity contribution is -0.383. The summed E-state index contributed by atoms with van der Waals surface area (Å²) in [6.07, 6.45) is 3.07. The van der Waals surface area contributed by atoms with E-state index in [1.54, 1.807) is 6.08 Å². The normalized spacial score (nSPS) is 10.2. The Labute approximate surface area is 101 Å². The van der Waals surface area contributed by atoms with Gasteiger partial charge < -0.3 is 5.73 Å².